The fourth-order valence-electron chi connectivity index (χ4n) is 3.26. The van der Waals surface area contributed by atoms with E-state index in [1.807, 2.05) is 0 Å². The van der Waals surface area contributed by atoms with Crippen LogP contribution in [0, 0.1) is 0 Å². The van der Waals surface area contributed by atoms with Gasteiger partial charge in [0.05, 0.1) is 0 Å². The minimum absolute atomic E-state index is 0. The molecule has 0 aromatic carbocycles. The second kappa shape index (κ2) is 9.47. The van der Waals surface area contributed by atoms with Gasteiger partial charge in [0, 0.05) is 49.3 Å². The van der Waals surface area contributed by atoms with Crippen molar-refractivity contribution in [3.05, 3.63) is 0 Å². The zero-order valence-corrected chi connectivity index (χ0v) is 15.7. The molecule has 0 amide bonds. The average Bonchev–Trinajstić information content (AvgIpc) is 2.54. The second-order valence-electron chi connectivity index (χ2n) is 7.74. The summed E-state index contributed by atoms with van der Waals surface area (Å²) in [7, 11) is 0. The normalized spacial score (nSPS) is 31.7. The molecular weight excluding hydrogens is 307 g/mol. The second-order valence-corrected chi connectivity index (χ2v) is 7.74. The Morgan fingerprint density at radius 2 is 1.00 bits per heavy atom. The maximum absolute atomic E-state index is 3.49. The molecule has 2 aliphatic rings. The molecule has 128 valence electrons. The minimum atomic E-state index is 0. The first-order valence-electron chi connectivity index (χ1n) is 8.17. The van der Waals surface area contributed by atoms with E-state index in [0.29, 0.717) is 23.2 Å². The van der Waals surface area contributed by atoms with Crippen LogP contribution >= 0.6 is 0 Å². The van der Waals surface area contributed by atoms with Gasteiger partial charge in [-0.1, -0.05) is 0 Å². The van der Waals surface area contributed by atoms with Gasteiger partial charge in [-0.2, -0.15) is 0 Å². The molecule has 0 aromatic rings. The largest absolute Gasteiger partial charge is 2.00 e. The number of hydrogen-bond acceptors (Lipinski definition) is 4. The molecule has 0 radical (unpaired) electrons. The monoisotopic (exact) mass is 342 g/mol. The summed E-state index contributed by atoms with van der Waals surface area (Å²) in [5.41, 5.74) is 0.645. The predicted molar refractivity (Wildman–Crippen MR) is 88.3 cm³/mol. The molecule has 5 heteroatoms. The summed E-state index contributed by atoms with van der Waals surface area (Å²) in [5, 5.41) is 13.9. The fourth-order valence-corrected chi connectivity index (χ4v) is 3.26. The maximum atomic E-state index is 3.49. The van der Waals surface area contributed by atoms with E-state index in [1.165, 1.54) is 12.8 Å². The molecule has 4 N–H and O–H groups in total. The summed E-state index contributed by atoms with van der Waals surface area (Å²) in [6, 6.07) is 1.31. The SMILES string of the molecule is CC1CC(C)(C)NCCN1.CC1CC(C)(C)NCCN1.[Ni+2]. The molecule has 21 heavy (non-hydrogen) atoms. The van der Waals surface area contributed by atoms with Crippen molar-refractivity contribution in [3.8, 4) is 0 Å². The first-order chi connectivity index (χ1) is 9.20. The predicted octanol–water partition coefficient (Wildman–Crippen LogP) is 1.47. The summed E-state index contributed by atoms with van der Waals surface area (Å²) in [5.74, 6) is 0. The van der Waals surface area contributed by atoms with E-state index in [9.17, 15) is 0 Å². The van der Waals surface area contributed by atoms with Gasteiger partial charge >= 0.3 is 16.5 Å². The molecule has 2 fully saturated rings. The fraction of sp³-hybridized carbons (Fsp3) is 1.00. The molecule has 2 saturated heterocycles. The van der Waals surface area contributed by atoms with E-state index in [2.05, 4.69) is 62.8 Å². The molecule has 0 spiro atoms. The molecule has 0 aromatic heterocycles. The van der Waals surface area contributed by atoms with Crippen LogP contribution in [-0.4, -0.2) is 49.3 Å². The van der Waals surface area contributed by atoms with Crippen molar-refractivity contribution < 1.29 is 16.5 Å². The molecule has 2 aliphatic heterocycles. The van der Waals surface area contributed by atoms with Gasteiger partial charge in [0.2, 0.25) is 0 Å². The zero-order valence-electron chi connectivity index (χ0n) is 14.7. The summed E-state index contributed by atoms with van der Waals surface area (Å²) < 4.78 is 0. The first kappa shape index (κ1) is 21.3. The van der Waals surface area contributed by atoms with Gasteiger partial charge in [0.15, 0.2) is 0 Å². The molecule has 0 saturated carbocycles. The van der Waals surface area contributed by atoms with Crippen LogP contribution in [0.5, 0.6) is 0 Å². The van der Waals surface area contributed by atoms with Crippen molar-refractivity contribution >= 4 is 0 Å². The van der Waals surface area contributed by atoms with E-state index in [-0.39, 0.29) is 16.5 Å². The van der Waals surface area contributed by atoms with Gasteiger partial charge in [0.1, 0.15) is 0 Å². The quantitative estimate of drug-likeness (QED) is 0.503. The van der Waals surface area contributed by atoms with E-state index in [1.54, 1.807) is 0 Å². The van der Waals surface area contributed by atoms with Crippen LogP contribution in [0.3, 0.4) is 0 Å². The molecule has 0 aliphatic carbocycles. The van der Waals surface area contributed by atoms with Crippen molar-refractivity contribution in [2.45, 2.75) is 77.5 Å². The molecule has 2 heterocycles. The van der Waals surface area contributed by atoms with Crippen LogP contribution in [0.2, 0.25) is 0 Å². The van der Waals surface area contributed by atoms with Crippen molar-refractivity contribution in [1.29, 1.82) is 0 Å². The van der Waals surface area contributed by atoms with Gasteiger partial charge in [-0.3, -0.25) is 0 Å². The molecular formula is C16H36N4Ni+2. The number of hydrogen-bond donors (Lipinski definition) is 4. The van der Waals surface area contributed by atoms with Gasteiger partial charge in [-0.25, -0.2) is 0 Å². The van der Waals surface area contributed by atoms with Crippen LogP contribution in [0.4, 0.5) is 0 Å². The summed E-state index contributed by atoms with van der Waals surface area (Å²) >= 11 is 0. The Hall–Kier alpha value is 0.334. The third kappa shape index (κ3) is 9.86. The van der Waals surface area contributed by atoms with E-state index >= 15 is 0 Å². The van der Waals surface area contributed by atoms with Crippen LogP contribution in [0.15, 0.2) is 0 Å². The van der Waals surface area contributed by atoms with E-state index in [4.69, 9.17) is 0 Å². The van der Waals surface area contributed by atoms with Crippen LogP contribution in [0.25, 0.3) is 0 Å². The summed E-state index contributed by atoms with van der Waals surface area (Å²) in [4.78, 5) is 0. The van der Waals surface area contributed by atoms with E-state index < -0.39 is 0 Å². The van der Waals surface area contributed by atoms with E-state index in [0.717, 1.165) is 26.2 Å². The van der Waals surface area contributed by atoms with Crippen LogP contribution in [-0.2, 0) is 16.5 Å². The number of nitrogens with one attached hydrogen (secondary N) is 4. The van der Waals surface area contributed by atoms with Crippen molar-refractivity contribution in [3.63, 3.8) is 0 Å². The van der Waals surface area contributed by atoms with Crippen LogP contribution < -0.4 is 21.3 Å². The van der Waals surface area contributed by atoms with Crippen molar-refractivity contribution in [2.75, 3.05) is 26.2 Å². The van der Waals surface area contributed by atoms with Gasteiger partial charge in [-0.15, -0.1) is 0 Å². The zero-order chi connectivity index (χ0) is 15.2. The Morgan fingerprint density at radius 1 is 0.667 bits per heavy atom. The first-order valence-corrected chi connectivity index (χ1v) is 8.17. The molecule has 2 unspecified atom stereocenters. The molecule has 2 rings (SSSR count). The topological polar surface area (TPSA) is 48.1 Å². The summed E-state index contributed by atoms with van der Waals surface area (Å²) in [6.45, 7) is 17.9. The molecule has 2 atom stereocenters. The average molecular weight is 343 g/mol. The van der Waals surface area contributed by atoms with Gasteiger partial charge < -0.3 is 21.3 Å². The number of rotatable bonds is 0. The molecule has 4 nitrogen and oxygen atoms in total. The third-order valence-corrected chi connectivity index (χ3v) is 4.08. The molecule has 0 bridgehead atoms. The Balaban J connectivity index is 0.000000364. The van der Waals surface area contributed by atoms with Crippen molar-refractivity contribution in [2.24, 2.45) is 0 Å². The smallest absolute Gasteiger partial charge is 0.313 e. The Kier molecular flexibility index (Phi) is 9.62. The Bertz CT molecular complexity index is 253. The summed E-state index contributed by atoms with van der Waals surface area (Å²) in [6.07, 6.45) is 2.43. The van der Waals surface area contributed by atoms with Gasteiger partial charge in [-0.05, 0) is 54.4 Å². The van der Waals surface area contributed by atoms with Crippen LogP contribution in [0.1, 0.15) is 54.4 Å². The third-order valence-electron chi connectivity index (χ3n) is 4.08. The van der Waals surface area contributed by atoms with Crippen molar-refractivity contribution in [1.82, 2.24) is 21.3 Å². The Morgan fingerprint density at radius 3 is 1.33 bits per heavy atom. The standard InChI is InChI=1S/2C8H18N2.Ni/c2*1-7-6-8(2,3)10-5-4-9-7;/h2*7,9-10H,4-6H2,1-3H3;/q;;+2. The van der Waals surface area contributed by atoms with Gasteiger partial charge in [0.25, 0.3) is 0 Å². The maximum Gasteiger partial charge on any atom is 2.00 e. The minimum Gasteiger partial charge on any atom is -0.313 e. The Labute approximate surface area is 141 Å².